The van der Waals surface area contributed by atoms with Crippen LogP contribution in [0.3, 0.4) is 0 Å². The third kappa shape index (κ3) is 6.20. The molecule has 0 rings (SSSR count). The van der Waals surface area contributed by atoms with Gasteiger partial charge in [0.1, 0.15) is 0 Å². The van der Waals surface area contributed by atoms with Crippen molar-refractivity contribution >= 4 is 6.09 Å². The number of ether oxygens (including phenoxy) is 1. The Balaban J connectivity index is 3.66. The summed E-state index contributed by atoms with van der Waals surface area (Å²) in [6.45, 7) is 8.14. The fourth-order valence-corrected chi connectivity index (χ4v) is 0.948. The first-order chi connectivity index (χ1) is 6.24. The van der Waals surface area contributed by atoms with Crippen LogP contribution in [0.2, 0.25) is 0 Å². The Labute approximate surface area is 80.2 Å². The first kappa shape index (κ1) is 12.0. The zero-order valence-electron chi connectivity index (χ0n) is 8.51. The van der Waals surface area contributed by atoms with Crippen molar-refractivity contribution in [3.05, 3.63) is 12.7 Å². The van der Waals surface area contributed by atoms with Crippen molar-refractivity contribution in [1.82, 2.24) is 5.32 Å². The van der Waals surface area contributed by atoms with Crippen molar-refractivity contribution < 1.29 is 9.53 Å². The molecule has 76 valence electrons. The normalized spacial score (nSPS) is 11.8. The topological polar surface area (TPSA) is 38.3 Å². The van der Waals surface area contributed by atoms with Crippen molar-refractivity contribution in [3.8, 4) is 0 Å². The highest BCUT2D eigenvalue weighted by molar-refractivity contribution is 5.67. The molecule has 0 aromatic rings. The summed E-state index contributed by atoms with van der Waals surface area (Å²) in [5.74, 6) is 0. The van der Waals surface area contributed by atoms with E-state index in [0.29, 0.717) is 6.61 Å². The highest BCUT2D eigenvalue weighted by Crippen LogP contribution is 1.97. The predicted molar refractivity (Wildman–Crippen MR) is 53.7 cm³/mol. The standard InChI is InChI=1S/C10H19NO2/c1-4-7-9(6-3)11-10(12)13-8-5-2/h6,9H,3-5,7-8H2,1-2H3,(H,11,12). The zero-order valence-corrected chi connectivity index (χ0v) is 8.51. The summed E-state index contributed by atoms with van der Waals surface area (Å²) in [6.07, 6.45) is 4.16. The van der Waals surface area contributed by atoms with Crippen LogP contribution in [0.1, 0.15) is 33.1 Å². The highest BCUT2D eigenvalue weighted by Gasteiger charge is 2.07. The third-order valence-corrected chi connectivity index (χ3v) is 1.62. The molecular formula is C10H19NO2. The summed E-state index contributed by atoms with van der Waals surface area (Å²) >= 11 is 0. The van der Waals surface area contributed by atoms with Crippen LogP contribution >= 0.6 is 0 Å². The minimum absolute atomic E-state index is 0.0364. The second-order valence-corrected chi connectivity index (χ2v) is 2.91. The Morgan fingerprint density at radius 2 is 2.23 bits per heavy atom. The molecule has 0 aromatic carbocycles. The number of hydrogen-bond donors (Lipinski definition) is 1. The fourth-order valence-electron chi connectivity index (χ4n) is 0.948. The molecule has 1 N–H and O–H groups in total. The van der Waals surface area contributed by atoms with E-state index < -0.39 is 0 Å². The Kier molecular flexibility index (Phi) is 7.07. The van der Waals surface area contributed by atoms with E-state index in [1.54, 1.807) is 6.08 Å². The first-order valence-corrected chi connectivity index (χ1v) is 4.80. The van der Waals surface area contributed by atoms with E-state index in [0.717, 1.165) is 19.3 Å². The van der Waals surface area contributed by atoms with Gasteiger partial charge in [-0.05, 0) is 12.8 Å². The number of alkyl carbamates (subject to hydrolysis) is 1. The van der Waals surface area contributed by atoms with Crippen LogP contribution in [-0.2, 0) is 4.74 Å². The van der Waals surface area contributed by atoms with Gasteiger partial charge >= 0.3 is 6.09 Å². The molecule has 1 unspecified atom stereocenters. The van der Waals surface area contributed by atoms with Crippen LogP contribution in [0.4, 0.5) is 4.79 Å². The summed E-state index contributed by atoms with van der Waals surface area (Å²) in [5.41, 5.74) is 0. The molecule has 0 spiro atoms. The minimum Gasteiger partial charge on any atom is -0.450 e. The van der Waals surface area contributed by atoms with Gasteiger partial charge in [-0.3, -0.25) is 0 Å². The molecule has 13 heavy (non-hydrogen) atoms. The van der Waals surface area contributed by atoms with Gasteiger partial charge < -0.3 is 10.1 Å². The molecule has 0 fully saturated rings. The van der Waals surface area contributed by atoms with Gasteiger partial charge in [0.25, 0.3) is 0 Å². The van der Waals surface area contributed by atoms with Gasteiger partial charge in [0, 0.05) is 0 Å². The molecule has 0 saturated carbocycles. The van der Waals surface area contributed by atoms with Gasteiger partial charge in [-0.25, -0.2) is 4.79 Å². The van der Waals surface area contributed by atoms with Crippen molar-refractivity contribution in [1.29, 1.82) is 0 Å². The molecule has 0 bridgehead atoms. The first-order valence-electron chi connectivity index (χ1n) is 4.80. The monoisotopic (exact) mass is 185 g/mol. The fraction of sp³-hybridized carbons (Fsp3) is 0.700. The summed E-state index contributed by atoms with van der Waals surface area (Å²) in [7, 11) is 0. The van der Waals surface area contributed by atoms with E-state index in [-0.39, 0.29) is 12.1 Å². The van der Waals surface area contributed by atoms with Gasteiger partial charge in [-0.1, -0.05) is 26.3 Å². The van der Waals surface area contributed by atoms with Crippen molar-refractivity contribution in [2.75, 3.05) is 6.61 Å². The molecule has 0 heterocycles. The summed E-state index contributed by atoms with van der Waals surface area (Å²) in [4.78, 5) is 11.1. The van der Waals surface area contributed by atoms with Gasteiger partial charge in [0.15, 0.2) is 0 Å². The van der Waals surface area contributed by atoms with E-state index in [1.165, 1.54) is 0 Å². The SMILES string of the molecule is C=CC(CCC)NC(=O)OCCC. The van der Waals surface area contributed by atoms with E-state index >= 15 is 0 Å². The quantitative estimate of drug-likeness (QED) is 0.645. The summed E-state index contributed by atoms with van der Waals surface area (Å²) in [6, 6.07) is 0.0364. The van der Waals surface area contributed by atoms with Crippen LogP contribution < -0.4 is 5.32 Å². The average molecular weight is 185 g/mol. The Morgan fingerprint density at radius 3 is 2.69 bits per heavy atom. The number of amides is 1. The van der Waals surface area contributed by atoms with E-state index in [1.807, 2.05) is 6.92 Å². The number of carbonyl (C=O) groups excluding carboxylic acids is 1. The maximum absolute atomic E-state index is 11.1. The van der Waals surface area contributed by atoms with Crippen LogP contribution in [0, 0.1) is 0 Å². The number of rotatable bonds is 6. The van der Waals surface area contributed by atoms with Crippen molar-refractivity contribution in [2.45, 2.75) is 39.2 Å². The molecule has 0 aliphatic carbocycles. The molecule has 0 aromatic heterocycles. The summed E-state index contributed by atoms with van der Waals surface area (Å²) in [5, 5.41) is 2.72. The predicted octanol–water partition coefficient (Wildman–Crippen LogP) is 2.48. The Hall–Kier alpha value is -0.990. The average Bonchev–Trinajstić information content (AvgIpc) is 2.14. The van der Waals surface area contributed by atoms with Crippen LogP contribution in [-0.4, -0.2) is 18.7 Å². The van der Waals surface area contributed by atoms with Crippen molar-refractivity contribution in [3.63, 3.8) is 0 Å². The highest BCUT2D eigenvalue weighted by atomic mass is 16.5. The second-order valence-electron chi connectivity index (χ2n) is 2.91. The van der Waals surface area contributed by atoms with E-state index in [4.69, 9.17) is 4.74 Å². The van der Waals surface area contributed by atoms with Gasteiger partial charge in [-0.15, -0.1) is 6.58 Å². The molecule has 0 saturated heterocycles. The number of nitrogens with one attached hydrogen (secondary N) is 1. The van der Waals surface area contributed by atoms with E-state index in [2.05, 4.69) is 18.8 Å². The van der Waals surface area contributed by atoms with Crippen LogP contribution in [0.25, 0.3) is 0 Å². The lowest BCUT2D eigenvalue weighted by atomic mass is 10.2. The Morgan fingerprint density at radius 1 is 1.54 bits per heavy atom. The van der Waals surface area contributed by atoms with Gasteiger partial charge in [0.05, 0.1) is 12.6 Å². The van der Waals surface area contributed by atoms with Gasteiger partial charge in [0.2, 0.25) is 0 Å². The van der Waals surface area contributed by atoms with E-state index in [9.17, 15) is 4.79 Å². The summed E-state index contributed by atoms with van der Waals surface area (Å²) < 4.78 is 4.87. The number of carbonyl (C=O) groups is 1. The molecule has 0 aliphatic rings. The Bertz CT molecular complexity index is 157. The molecule has 1 amide bonds. The third-order valence-electron chi connectivity index (χ3n) is 1.62. The lowest BCUT2D eigenvalue weighted by Gasteiger charge is -2.13. The number of hydrogen-bond acceptors (Lipinski definition) is 2. The lowest BCUT2D eigenvalue weighted by molar-refractivity contribution is 0.143. The molecule has 3 nitrogen and oxygen atoms in total. The largest absolute Gasteiger partial charge is 0.450 e. The van der Waals surface area contributed by atoms with Gasteiger partial charge in [-0.2, -0.15) is 0 Å². The maximum Gasteiger partial charge on any atom is 0.407 e. The van der Waals surface area contributed by atoms with Crippen LogP contribution in [0.15, 0.2) is 12.7 Å². The molecule has 1 atom stereocenters. The lowest BCUT2D eigenvalue weighted by Crippen LogP contribution is -2.33. The zero-order chi connectivity index (χ0) is 10.1. The molecule has 0 radical (unpaired) electrons. The molecule has 0 aliphatic heterocycles. The van der Waals surface area contributed by atoms with Crippen LogP contribution in [0.5, 0.6) is 0 Å². The minimum atomic E-state index is -0.347. The maximum atomic E-state index is 11.1. The molecule has 3 heteroatoms. The molecular weight excluding hydrogens is 166 g/mol. The smallest absolute Gasteiger partial charge is 0.407 e. The second kappa shape index (κ2) is 7.65. The van der Waals surface area contributed by atoms with Crippen molar-refractivity contribution in [2.24, 2.45) is 0 Å².